The second-order valence-electron chi connectivity index (χ2n) is 5.55. The molecule has 20 heavy (non-hydrogen) atoms. The molecule has 0 aliphatic rings. The van der Waals surface area contributed by atoms with Crippen molar-refractivity contribution in [2.45, 2.75) is 20.3 Å². The van der Waals surface area contributed by atoms with Gasteiger partial charge in [0, 0.05) is 20.2 Å². The normalized spacial score (nSPS) is 11.2. The van der Waals surface area contributed by atoms with Crippen molar-refractivity contribution in [3.8, 4) is 0 Å². The summed E-state index contributed by atoms with van der Waals surface area (Å²) in [6.07, 6.45) is 0.622. The molecule has 0 spiro atoms. The minimum atomic E-state index is -0.191. The van der Waals surface area contributed by atoms with E-state index in [2.05, 4.69) is 5.32 Å². The average molecular weight is 298 g/mol. The molecule has 0 aliphatic heterocycles. The van der Waals surface area contributed by atoms with Crippen molar-refractivity contribution in [1.29, 1.82) is 0 Å². The molecule has 5 nitrogen and oxygen atoms in total. The third-order valence-corrected chi connectivity index (χ3v) is 3.87. The van der Waals surface area contributed by atoms with E-state index in [1.807, 2.05) is 25.3 Å². The van der Waals surface area contributed by atoms with Gasteiger partial charge in [-0.25, -0.2) is 0 Å². The summed E-state index contributed by atoms with van der Waals surface area (Å²) < 4.78 is 0. The molecule has 0 fully saturated rings. The minimum absolute atomic E-state index is 0.0337. The lowest BCUT2D eigenvalue weighted by Gasteiger charge is -2.24. The maximum Gasteiger partial charge on any atom is 0.264 e. The third-order valence-electron chi connectivity index (χ3n) is 3.01. The summed E-state index contributed by atoms with van der Waals surface area (Å²) in [4.78, 5) is 25.8. The molecule has 2 amide bonds. The van der Waals surface area contributed by atoms with Gasteiger partial charge < -0.3 is 15.3 Å². The second-order valence-corrected chi connectivity index (χ2v) is 6.50. The van der Waals surface area contributed by atoms with Crippen LogP contribution in [-0.4, -0.2) is 48.6 Å². The zero-order chi connectivity index (χ0) is 15.2. The number of nitrogens with one attached hydrogen (secondary N) is 1. The maximum absolute atomic E-state index is 12.0. The van der Waals surface area contributed by atoms with Crippen LogP contribution >= 0.6 is 11.3 Å². The summed E-state index contributed by atoms with van der Waals surface area (Å²) in [6.45, 7) is 4.56. The number of carbonyl (C=O) groups is 2. The highest BCUT2D eigenvalue weighted by Gasteiger charge is 2.20. The van der Waals surface area contributed by atoms with Gasteiger partial charge in [0.05, 0.1) is 11.4 Å². The van der Waals surface area contributed by atoms with E-state index < -0.39 is 0 Å². The van der Waals surface area contributed by atoms with Crippen molar-refractivity contribution in [1.82, 2.24) is 10.2 Å². The van der Waals surface area contributed by atoms with Crippen molar-refractivity contribution in [3.05, 3.63) is 22.4 Å². The molecular formula is C14H22N2O3S. The van der Waals surface area contributed by atoms with E-state index in [0.29, 0.717) is 17.8 Å². The first kappa shape index (κ1) is 16.7. The van der Waals surface area contributed by atoms with Crippen molar-refractivity contribution in [2.24, 2.45) is 5.41 Å². The Bertz CT molecular complexity index is 443. The lowest BCUT2D eigenvalue weighted by Crippen LogP contribution is -2.41. The Kier molecular flexibility index (Phi) is 6.16. The Labute approximate surface area is 123 Å². The number of thiophene rings is 1. The molecule has 6 heteroatoms. The van der Waals surface area contributed by atoms with Crippen LogP contribution in [0.4, 0.5) is 0 Å². The predicted molar refractivity (Wildman–Crippen MR) is 79.8 cm³/mol. The molecule has 0 saturated carbocycles. The van der Waals surface area contributed by atoms with Crippen molar-refractivity contribution in [2.75, 3.05) is 26.7 Å². The van der Waals surface area contributed by atoms with Gasteiger partial charge in [-0.2, -0.15) is 0 Å². The first-order valence-electron chi connectivity index (χ1n) is 6.52. The zero-order valence-corrected chi connectivity index (χ0v) is 13.0. The van der Waals surface area contributed by atoms with Crippen LogP contribution in [0.25, 0.3) is 0 Å². The van der Waals surface area contributed by atoms with Crippen molar-refractivity contribution >= 4 is 23.2 Å². The summed E-state index contributed by atoms with van der Waals surface area (Å²) in [5.74, 6) is -0.340. The maximum atomic E-state index is 12.0. The van der Waals surface area contributed by atoms with Gasteiger partial charge in [0.15, 0.2) is 0 Å². The number of nitrogens with zero attached hydrogens (tertiary/aromatic N) is 1. The molecule has 1 rings (SSSR count). The van der Waals surface area contributed by atoms with Crippen LogP contribution in [0.2, 0.25) is 0 Å². The van der Waals surface area contributed by atoms with Gasteiger partial charge in [0.1, 0.15) is 0 Å². The lowest BCUT2D eigenvalue weighted by atomic mass is 9.90. The van der Waals surface area contributed by atoms with E-state index in [0.717, 1.165) is 0 Å². The van der Waals surface area contributed by atoms with Crippen molar-refractivity contribution < 1.29 is 14.7 Å². The highest BCUT2D eigenvalue weighted by molar-refractivity contribution is 7.12. The number of carbonyl (C=O) groups excluding carboxylic acids is 2. The Hall–Kier alpha value is -1.40. The van der Waals surface area contributed by atoms with E-state index >= 15 is 0 Å². The number of hydrogen-bond donors (Lipinski definition) is 2. The predicted octanol–water partition coefficient (Wildman–Crippen LogP) is 1.34. The van der Waals surface area contributed by atoms with Gasteiger partial charge in [0.2, 0.25) is 5.91 Å². The van der Waals surface area contributed by atoms with Gasteiger partial charge in [0.25, 0.3) is 5.91 Å². The van der Waals surface area contributed by atoms with Gasteiger partial charge in [-0.3, -0.25) is 9.59 Å². The summed E-state index contributed by atoms with van der Waals surface area (Å²) in [6, 6.07) is 3.55. The highest BCUT2D eigenvalue weighted by Crippen LogP contribution is 2.17. The molecule has 112 valence electrons. The molecular weight excluding hydrogens is 276 g/mol. The van der Waals surface area contributed by atoms with E-state index in [-0.39, 0.29) is 30.4 Å². The van der Waals surface area contributed by atoms with Crippen LogP contribution in [-0.2, 0) is 4.79 Å². The van der Waals surface area contributed by atoms with Gasteiger partial charge in [-0.05, 0) is 23.3 Å². The highest BCUT2D eigenvalue weighted by atomic mass is 32.1. The fourth-order valence-corrected chi connectivity index (χ4v) is 2.38. The number of hydrogen-bond acceptors (Lipinski definition) is 4. The minimum Gasteiger partial charge on any atom is -0.396 e. The molecule has 1 aromatic heterocycles. The molecule has 2 N–H and O–H groups in total. The van der Waals surface area contributed by atoms with E-state index in [1.54, 1.807) is 13.1 Å². The summed E-state index contributed by atoms with van der Waals surface area (Å²) >= 11 is 1.36. The molecule has 1 aromatic rings. The van der Waals surface area contributed by atoms with Crippen LogP contribution in [0.3, 0.4) is 0 Å². The Balaban J connectivity index is 2.40. The van der Waals surface area contributed by atoms with Crippen LogP contribution < -0.4 is 5.32 Å². The summed E-state index contributed by atoms with van der Waals surface area (Å²) in [7, 11) is 1.61. The number of amides is 2. The second kappa shape index (κ2) is 7.40. The zero-order valence-electron chi connectivity index (χ0n) is 12.2. The number of aliphatic hydroxyl groups excluding tert-OH is 1. The van der Waals surface area contributed by atoms with E-state index in [9.17, 15) is 9.59 Å². The Morgan fingerprint density at radius 2 is 2.15 bits per heavy atom. The number of rotatable bonds is 7. The lowest BCUT2D eigenvalue weighted by molar-refractivity contribution is -0.122. The molecule has 0 unspecified atom stereocenters. The van der Waals surface area contributed by atoms with Gasteiger partial charge >= 0.3 is 0 Å². The molecule has 0 radical (unpaired) electrons. The molecule has 0 atom stereocenters. The Morgan fingerprint density at radius 3 is 2.70 bits per heavy atom. The topological polar surface area (TPSA) is 69.6 Å². The Morgan fingerprint density at radius 1 is 1.45 bits per heavy atom. The van der Waals surface area contributed by atoms with E-state index in [1.165, 1.54) is 16.2 Å². The fraction of sp³-hybridized carbons (Fsp3) is 0.571. The van der Waals surface area contributed by atoms with Crippen LogP contribution in [0, 0.1) is 5.41 Å². The molecule has 0 aromatic carbocycles. The molecule has 0 saturated heterocycles. The third kappa shape index (κ3) is 5.30. The molecule has 0 bridgehead atoms. The first-order chi connectivity index (χ1) is 9.35. The average Bonchev–Trinajstić information content (AvgIpc) is 2.89. The number of likely N-dealkylation sites (N-methyl/N-ethyl adjacent to an activating group) is 1. The molecule has 0 aliphatic carbocycles. The molecule has 1 heterocycles. The van der Waals surface area contributed by atoms with Gasteiger partial charge in [-0.15, -0.1) is 11.3 Å². The van der Waals surface area contributed by atoms with Crippen LogP contribution in [0.5, 0.6) is 0 Å². The SMILES string of the molecule is CN(CC(=O)NCC(C)(C)CCO)C(=O)c1cccs1. The monoisotopic (exact) mass is 298 g/mol. The summed E-state index contributed by atoms with van der Waals surface area (Å²) in [5.41, 5.74) is -0.152. The number of aliphatic hydroxyl groups is 1. The fourth-order valence-electron chi connectivity index (χ4n) is 1.66. The largest absolute Gasteiger partial charge is 0.396 e. The van der Waals surface area contributed by atoms with Gasteiger partial charge in [-0.1, -0.05) is 19.9 Å². The van der Waals surface area contributed by atoms with Crippen LogP contribution in [0.15, 0.2) is 17.5 Å². The van der Waals surface area contributed by atoms with Crippen molar-refractivity contribution in [3.63, 3.8) is 0 Å². The quantitative estimate of drug-likeness (QED) is 0.798. The van der Waals surface area contributed by atoms with E-state index in [4.69, 9.17) is 5.11 Å². The van der Waals surface area contributed by atoms with Crippen LogP contribution in [0.1, 0.15) is 29.9 Å². The smallest absolute Gasteiger partial charge is 0.264 e. The summed E-state index contributed by atoms with van der Waals surface area (Å²) in [5, 5.41) is 13.6. The standard InChI is InChI=1S/C14H22N2O3S/c1-14(2,6-7-17)10-15-12(18)9-16(3)13(19)11-5-4-8-20-11/h4-5,8,17H,6-7,9-10H2,1-3H3,(H,15,18). The first-order valence-corrected chi connectivity index (χ1v) is 7.40.